The third-order valence-electron chi connectivity index (χ3n) is 9.12. The quantitative estimate of drug-likeness (QED) is 0.274. The average Bonchev–Trinajstić information content (AvgIpc) is 3.88. The maximum atomic E-state index is 13.8. The van der Waals surface area contributed by atoms with Gasteiger partial charge in [0.2, 0.25) is 17.7 Å². The molecule has 1 aromatic rings. The van der Waals surface area contributed by atoms with E-state index in [1.54, 1.807) is 33.1 Å². The number of ether oxygens (including phenoxy) is 3. The molecule has 0 bridgehead atoms. The van der Waals surface area contributed by atoms with Crippen LogP contribution in [0.1, 0.15) is 45.1 Å². The van der Waals surface area contributed by atoms with Crippen molar-refractivity contribution in [1.29, 1.82) is 0 Å². The molecule has 2 saturated carbocycles. The Kier molecular flexibility index (Phi) is 9.49. The lowest BCUT2D eigenvalue weighted by Crippen LogP contribution is -2.57. The van der Waals surface area contributed by atoms with Gasteiger partial charge in [0.1, 0.15) is 23.4 Å². The molecule has 4 aliphatic rings. The first kappa shape index (κ1) is 30.4. The summed E-state index contributed by atoms with van der Waals surface area (Å²) in [6.07, 6.45) is 4.25. The van der Waals surface area contributed by atoms with Crippen LogP contribution < -0.4 is 20.7 Å². The summed E-state index contributed by atoms with van der Waals surface area (Å²) < 4.78 is 16.0. The Bertz CT molecular complexity index is 1140. The molecule has 6 unspecified atom stereocenters. The number of hydrogen-bond donors (Lipinski definition) is 3. The number of hydrogen-bond acceptors (Lipinski definition) is 8. The number of fused-ring (bicyclic) bond motifs is 1. The molecule has 5 rings (SSSR count). The van der Waals surface area contributed by atoms with Crippen molar-refractivity contribution in [3.05, 3.63) is 29.8 Å². The van der Waals surface area contributed by atoms with E-state index in [-0.39, 0.29) is 24.7 Å². The number of nitrogens with one attached hydrogen (secondary N) is 3. The number of benzene rings is 1. The fraction of sp³-hybridized carbons (Fsp3) is 0.677. The summed E-state index contributed by atoms with van der Waals surface area (Å²) in [5.41, 5.74) is -0.0514. The number of carbonyl (C=O) groups excluding carboxylic acids is 4. The minimum absolute atomic E-state index is 0.116. The fourth-order valence-electron chi connectivity index (χ4n) is 6.31. The van der Waals surface area contributed by atoms with Crippen molar-refractivity contribution in [1.82, 2.24) is 20.9 Å². The number of methoxy groups -OCH3 is 1. The molecule has 2 saturated heterocycles. The number of rotatable bonds is 14. The third-order valence-corrected chi connectivity index (χ3v) is 9.12. The molecular weight excluding hydrogens is 540 g/mol. The number of amides is 3. The van der Waals surface area contributed by atoms with Crippen LogP contribution in [0.4, 0.5) is 0 Å². The minimum Gasteiger partial charge on any atom is -0.497 e. The number of nitrogens with zero attached hydrogens (tertiary/aromatic N) is 1. The van der Waals surface area contributed by atoms with E-state index in [2.05, 4.69) is 16.0 Å². The number of epoxide rings is 1. The lowest BCUT2D eigenvalue weighted by atomic mass is 9.89. The normalized spacial score (nSPS) is 28.5. The molecule has 0 radical (unpaired) electrons. The van der Waals surface area contributed by atoms with E-state index in [0.717, 1.165) is 30.2 Å². The molecule has 11 heteroatoms. The zero-order valence-corrected chi connectivity index (χ0v) is 24.9. The molecule has 2 aliphatic carbocycles. The molecule has 42 heavy (non-hydrogen) atoms. The molecule has 1 aromatic carbocycles. The van der Waals surface area contributed by atoms with Crippen LogP contribution in [-0.4, -0.2) is 98.7 Å². The van der Waals surface area contributed by atoms with Gasteiger partial charge < -0.3 is 30.2 Å². The second-order valence-corrected chi connectivity index (χ2v) is 12.6. The molecule has 230 valence electrons. The van der Waals surface area contributed by atoms with E-state index in [1.807, 2.05) is 17.0 Å². The van der Waals surface area contributed by atoms with Gasteiger partial charge in [0.15, 0.2) is 5.78 Å². The second kappa shape index (κ2) is 13.1. The highest BCUT2D eigenvalue weighted by atomic mass is 16.6. The Morgan fingerprint density at radius 2 is 1.62 bits per heavy atom. The first-order valence-corrected chi connectivity index (χ1v) is 15.1. The number of carbonyl (C=O) groups is 4. The highest BCUT2D eigenvalue weighted by Crippen LogP contribution is 2.55. The third kappa shape index (κ3) is 7.87. The van der Waals surface area contributed by atoms with Crippen molar-refractivity contribution >= 4 is 23.5 Å². The Hall–Kier alpha value is -3.02. The van der Waals surface area contributed by atoms with Crippen molar-refractivity contribution in [2.45, 2.75) is 69.7 Å². The molecule has 6 atom stereocenters. The summed E-state index contributed by atoms with van der Waals surface area (Å²) in [5, 5.41) is 8.57. The second-order valence-electron chi connectivity index (χ2n) is 12.6. The van der Waals surface area contributed by atoms with Crippen molar-refractivity contribution in [3.63, 3.8) is 0 Å². The molecule has 4 fully saturated rings. The zero-order valence-electron chi connectivity index (χ0n) is 24.9. The van der Waals surface area contributed by atoms with Crippen molar-refractivity contribution in [3.8, 4) is 5.75 Å². The van der Waals surface area contributed by atoms with Crippen molar-refractivity contribution in [2.75, 3.05) is 46.6 Å². The Morgan fingerprint density at radius 1 is 0.976 bits per heavy atom. The van der Waals surface area contributed by atoms with Gasteiger partial charge in [-0.1, -0.05) is 12.1 Å². The molecule has 0 spiro atoms. The maximum absolute atomic E-state index is 13.8. The maximum Gasteiger partial charge on any atom is 0.243 e. The number of morpholine rings is 1. The molecule has 2 heterocycles. The first-order chi connectivity index (χ1) is 20.1. The summed E-state index contributed by atoms with van der Waals surface area (Å²) in [4.78, 5) is 55.0. The van der Waals surface area contributed by atoms with Crippen LogP contribution >= 0.6 is 0 Å². The summed E-state index contributed by atoms with van der Waals surface area (Å²) >= 11 is 0. The molecule has 0 aromatic heterocycles. The van der Waals surface area contributed by atoms with Gasteiger partial charge in [0, 0.05) is 19.5 Å². The standard InChI is InChI=1S/C31H44N4O7/c1-19(32-27(36)17-35-8-10-41-11-9-35)29(38)34-26(14-20-4-6-24(40-3)7-5-20)30(39)33-25(28(37)31(2)18-42-31)15-21-12-22-16-23(22)13-21/h4-7,19,21-23,25-26H,8-18H2,1-3H3,(H,32,36)(H,33,39)(H,34,38). The predicted molar refractivity (Wildman–Crippen MR) is 154 cm³/mol. The topological polar surface area (TPSA) is 139 Å². The SMILES string of the molecule is COc1ccc(CC(NC(=O)C(C)NC(=O)CN2CCOCC2)C(=O)NC(CC2CC3CC3C2)C(=O)C2(C)CO2)cc1. The van der Waals surface area contributed by atoms with Crippen LogP contribution in [0, 0.1) is 17.8 Å². The van der Waals surface area contributed by atoms with E-state index >= 15 is 0 Å². The smallest absolute Gasteiger partial charge is 0.243 e. The van der Waals surface area contributed by atoms with Crippen LogP contribution in [0.25, 0.3) is 0 Å². The largest absolute Gasteiger partial charge is 0.497 e. The van der Waals surface area contributed by atoms with Crippen LogP contribution in [-0.2, 0) is 35.1 Å². The van der Waals surface area contributed by atoms with Gasteiger partial charge in [0.05, 0.1) is 39.5 Å². The summed E-state index contributed by atoms with van der Waals surface area (Å²) in [7, 11) is 1.58. The monoisotopic (exact) mass is 584 g/mol. The minimum atomic E-state index is -0.954. The Morgan fingerprint density at radius 3 is 2.24 bits per heavy atom. The van der Waals surface area contributed by atoms with Gasteiger partial charge in [-0.3, -0.25) is 24.1 Å². The van der Waals surface area contributed by atoms with Gasteiger partial charge in [-0.2, -0.15) is 0 Å². The average molecular weight is 585 g/mol. The van der Waals surface area contributed by atoms with E-state index in [4.69, 9.17) is 14.2 Å². The van der Waals surface area contributed by atoms with Gasteiger partial charge in [0.25, 0.3) is 0 Å². The van der Waals surface area contributed by atoms with Crippen LogP contribution in [0.15, 0.2) is 24.3 Å². The Labute approximate surface area is 247 Å². The fourth-order valence-corrected chi connectivity index (χ4v) is 6.31. The van der Waals surface area contributed by atoms with Crippen molar-refractivity contribution in [2.24, 2.45) is 17.8 Å². The van der Waals surface area contributed by atoms with Gasteiger partial charge in [-0.05, 0) is 75.0 Å². The molecular formula is C31H44N4O7. The van der Waals surface area contributed by atoms with E-state index < -0.39 is 35.5 Å². The summed E-state index contributed by atoms with van der Waals surface area (Å²) in [5.74, 6) is 1.29. The predicted octanol–water partition coefficient (Wildman–Crippen LogP) is 0.838. The molecule has 11 nitrogen and oxygen atoms in total. The molecule has 2 aliphatic heterocycles. The lowest BCUT2D eigenvalue weighted by molar-refractivity contribution is -0.134. The van der Waals surface area contributed by atoms with Crippen molar-refractivity contribution < 1.29 is 33.4 Å². The summed E-state index contributed by atoms with van der Waals surface area (Å²) in [6, 6.07) is 4.77. The highest BCUT2D eigenvalue weighted by molar-refractivity contribution is 5.98. The highest BCUT2D eigenvalue weighted by Gasteiger charge is 2.52. The van der Waals surface area contributed by atoms with Crippen LogP contribution in [0.5, 0.6) is 5.75 Å². The number of ketones is 1. The van der Waals surface area contributed by atoms with Gasteiger partial charge >= 0.3 is 0 Å². The van der Waals surface area contributed by atoms with Gasteiger partial charge in [-0.25, -0.2) is 0 Å². The summed E-state index contributed by atoms with van der Waals surface area (Å²) in [6.45, 7) is 6.33. The molecule has 3 amide bonds. The van der Waals surface area contributed by atoms with Crippen LogP contribution in [0.3, 0.4) is 0 Å². The zero-order chi connectivity index (χ0) is 29.9. The van der Waals surface area contributed by atoms with E-state index in [9.17, 15) is 19.2 Å². The first-order valence-electron chi connectivity index (χ1n) is 15.1. The van der Waals surface area contributed by atoms with Crippen LogP contribution in [0.2, 0.25) is 0 Å². The lowest BCUT2D eigenvalue weighted by Gasteiger charge is -2.28. The Balaban J connectivity index is 1.25. The number of Topliss-reactive ketones (excluding diaryl/α,β-unsaturated/α-hetero) is 1. The van der Waals surface area contributed by atoms with Gasteiger partial charge in [-0.15, -0.1) is 0 Å². The van der Waals surface area contributed by atoms with E-state index in [1.165, 1.54) is 6.42 Å². The molecule has 3 N–H and O–H groups in total. The van der Waals surface area contributed by atoms with E-state index in [0.29, 0.717) is 51.0 Å².